The summed E-state index contributed by atoms with van der Waals surface area (Å²) in [4.78, 5) is 0. The SMILES string of the molecule is CC[C@@H]1CO[C@@H](CO)[C@@H](O)C1O. The van der Waals surface area contributed by atoms with E-state index in [4.69, 9.17) is 9.84 Å². The van der Waals surface area contributed by atoms with Gasteiger partial charge in [-0.05, 0) is 6.42 Å². The van der Waals surface area contributed by atoms with Crippen molar-refractivity contribution in [2.75, 3.05) is 13.2 Å². The molecule has 1 heterocycles. The first-order valence-corrected chi connectivity index (χ1v) is 4.29. The minimum atomic E-state index is -0.950. The Morgan fingerprint density at radius 2 is 2.00 bits per heavy atom. The highest BCUT2D eigenvalue weighted by atomic mass is 16.5. The van der Waals surface area contributed by atoms with E-state index in [1.807, 2.05) is 6.92 Å². The maximum Gasteiger partial charge on any atom is 0.109 e. The summed E-state index contributed by atoms with van der Waals surface area (Å²) >= 11 is 0. The van der Waals surface area contributed by atoms with E-state index in [0.29, 0.717) is 6.61 Å². The lowest BCUT2D eigenvalue weighted by Crippen LogP contribution is -2.51. The van der Waals surface area contributed by atoms with Gasteiger partial charge < -0.3 is 20.1 Å². The standard InChI is InChI=1S/C8H16O4/c1-2-5-4-12-6(3-9)8(11)7(5)10/h5-11H,2-4H2,1H3/t5-,6+,7?,8-/m1/s1. The molecule has 4 nitrogen and oxygen atoms in total. The molecule has 0 amide bonds. The zero-order valence-corrected chi connectivity index (χ0v) is 7.18. The van der Waals surface area contributed by atoms with Gasteiger partial charge in [-0.15, -0.1) is 0 Å². The van der Waals surface area contributed by atoms with Crippen LogP contribution in [0, 0.1) is 5.92 Å². The fourth-order valence-electron chi connectivity index (χ4n) is 1.46. The average Bonchev–Trinajstić information content (AvgIpc) is 2.10. The molecule has 0 aromatic heterocycles. The Bertz CT molecular complexity index is 123. The first-order chi connectivity index (χ1) is 5.70. The molecule has 1 rings (SSSR count). The molecule has 72 valence electrons. The molecule has 1 saturated heterocycles. The van der Waals surface area contributed by atoms with Crippen molar-refractivity contribution in [3.8, 4) is 0 Å². The predicted molar refractivity (Wildman–Crippen MR) is 42.6 cm³/mol. The van der Waals surface area contributed by atoms with Crippen molar-refractivity contribution in [2.24, 2.45) is 5.92 Å². The summed E-state index contributed by atoms with van der Waals surface area (Å²) in [6.45, 7) is 2.11. The van der Waals surface area contributed by atoms with Crippen LogP contribution in [0.25, 0.3) is 0 Å². The molecular formula is C8H16O4. The molecular weight excluding hydrogens is 160 g/mol. The maximum atomic E-state index is 9.50. The third-order valence-corrected chi connectivity index (χ3v) is 2.44. The second-order valence-electron chi connectivity index (χ2n) is 3.20. The number of hydrogen-bond donors (Lipinski definition) is 3. The summed E-state index contributed by atoms with van der Waals surface area (Å²) in [6.07, 6.45) is -1.56. The average molecular weight is 176 g/mol. The lowest BCUT2D eigenvalue weighted by atomic mass is 9.91. The van der Waals surface area contributed by atoms with Crippen LogP contribution in [0.5, 0.6) is 0 Å². The van der Waals surface area contributed by atoms with Gasteiger partial charge >= 0.3 is 0 Å². The van der Waals surface area contributed by atoms with Crippen LogP contribution < -0.4 is 0 Å². The second-order valence-corrected chi connectivity index (χ2v) is 3.20. The Morgan fingerprint density at radius 3 is 2.50 bits per heavy atom. The fourth-order valence-corrected chi connectivity index (χ4v) is 1.46. The highest BCUT2D eigenvalue weighted by molar-refractivity contribution is 4.85. The Labute approximate surface area is 71.8 Å². The molecule has 1 fully saturated rings. The molecule has 0 spiro atoms. The third-order valence-electron chi connectivity index (χ3n) is 2.44. The molecule has 0 bridgehead atoms. The number of hydrogen-bond acceptors (Lipinski definition) is 4. The third kappa shape index (κ3) is 1.77. The maximum absolute atomic E-state index is 9.50. The van der Waals surface area contributed by atoms with Gasteiger partial charge in [0.15, 0.2) is 0 Å². The summed E-state index contributed by atoms with van der Waals surface area (Å²) in [5.74, 6) is -0.0113. The Kier molecular flexibility index (Phi) is 3.46. The van der Waals surface area contributed by atoms with Gasteiger partial charge in [0.05, 0.1) is 19.3 Å². The van der Waals surface area contributed by atoms with Gasteiger partial charge in [0.1, 0.15) is 12.2 Å². The highest BCUT2D eigenvalue weighted by Gasteiger charge is 2.36. The molecule has 3 N–H and O–H groups in total. The highest BCUT2D eigenvalue weighted by Crippen LogP contribution is 2.22. The number of aliphatic hydroxyl groups excluding tert-OH is 3. The van der Waals surface area contributed by atoms with Gasteiger partial charge in [0, 0.05) is 5.92 Å². The molecule has 1 unspecified atom stereocenters. The minimum absolute atomic E-state index is 0.0113. The zero-order chi connectivity index (χ0) is 9.14. The smallest absolute Gasteiger partial charge is 0.109 e. The lowest BCUT2D eigenvalue weighted by molar-refractivity contribution is -0.174. The van der Waals surface area contributed by atoms with E-state index in [2.05, 4.69) is 0 Å². The molecule has 0 aromatic carbocycles. The first kappa shape index (κ1) is 9.92. The number of rotatable bonds is 2. The van der Waals surface area contributed by atoms with Crippen LogP contribution in [0.3, 0.4) is 0 Å². The number of aliphatic hydroxyl groups is 3. The Morgan fingerprint density at radius 1 is 1.33 bits per heavy atom. The first-order valence-electron chi connectivity index (χ1n) is 4.29. The van der Waals surface area contributed by atoms with Crippen LogP contribution in [0.1, 0.15) is 13.3 Å². The van der Waals surface area contributed by atoms with E-state index in [0.717, 1.165) is 6.42 Å². The van der Waals surface area contributed by atoms with Crippen LogP contribution >= 0.6 is 0 Å². The van der Waals surface area contributed by atoms with Crippen LogP contribution in [0.4, 0.5) is 0 Å². The molecule has 1 aliphatic rings. The summed E-state index contributed by atoms with van der Waals surface area (Å²) in [5.41, 5.74) is 0. The normalized spacial score (nSPS) is 43.0. The van der Waals surface area contributed by atoms with Crippen LogP contribution in [0.15, 0.2) is 0 Å². The van der Waals surface area contributed by atoms with E-state index in [1.165, 1.54) is 0 Å². The van der Waals surface area contributed by atoms with E-state index in [1.54, 1.807) is 0 Å². The van der Waals surface area contributed by atoms with Crippen molar-refractivity contribution in [1.29, 1.82) is 0 Å². The van der Waals surface area contributed by atoms with Crippen molar-refractivity contribution < 1.29 is 20.1 Å². The van der Waals surface area contributed by atoms with Crippen molar-refractivity contribution in [3.05, 3.63) is 0 Å². The van der Waals surface area contributed by atoms with Crippen molar-refractivity contribution in [2.45, 2.75) is 31.7 Å². The van der Waals surface area contributed by atoms with Crippen LogP contribution in [-0.4, -0.2) is 46.8 Å². The van der Waals surface area contributed by atoms with Gasteiger partial charge in [-0.1, -0.05) is 6.92 Å². The number of ether oxygens (including phenoxy) is 1. The molecule has 12 heavy (non-hydrogen) atoms. The summed E-state index contributed by atoms with van der Waals surface area (Å²) in [7, 11) is 0. The Hall–Kier alpha value is -0.160. The fraction of sp³-hybridized carbons (Fsp3) is 1.00. The van der Waals surface area contributed by atoms with Crippen LogP contribution in [0.2, 0.25) is 0 Å². The summed E-state index contributed by atoms with van der Waals surface area (Å²) in [6, 6.07) is 0. The van der Waals surface area contributed by atoms with E-state index in [9.17, 15) is 10.2 Å². The summed E-state index contributed by atoms with van der Waals surface area (Å²) < 4.78 is 5.15. The van der Waals surface area contributed by atoms with Gasteiger partial charge in [0.2, 0.25) is 0 Å². The van der Waals surface area contributed by atoms with E-state index >= 15 is 0 Å². The van der Waals surface area contributed by atoms with Gasteiger partial charge in [-0.3, -0.25) is 0 Å². The monoisotopic (exact) mass is 176 g/mol. The second kappa shape index (κ2) is 4.18. The van der Waals surface area contributed by atoms with Crippen molar-refractivity contribution >= 4 is 0 Å². The Balaban J connectivity index is 2.52. The molecule has 4 heteroatoms. The minimum Gasteiger partial charge on any atom is -0.394 e. The van der Waals surface area contributed by atoms with Crippen LogP contribution in [-0.2, 0) is 4.74 Å². The topological polar surface area (TPSA) is 69.9 Å². The summed E-state index contributed by atoms with van der Waals surface area (Å²) in [5, 5.41) is 27.6. The largest absolute Gasteiger partial charge is 0.394 e. The van der Waals surface area contributed by atoms with Gasteiger partial charge in [0.25, 0.3) is 0 Å². The molecule has 0 radical (unpaired) electrons. The van der Waals surface area contributed by atoms with E-state index < -0.39 is 18.3 Å². The van der Waals surface area contributed by atoms with E-state index in [-0.39, 0.29) is 12.5 Å². The molecule has 1 aliphatic heterocycles. The quantitative estimate of drug-likeness (QED) is 0.511. The molecule has 0 saturated carbocycles. The zero-order valence-electron chi connectivity index (χ0n) is 7.18. The molecule has 0 aromatic rings. The lowest BCUT2D eigenvalue weighted by Gasteiger charge is -2.36. The van der Waals surface area contributed by atoms with Crippen molar-refractivity contribution in [3.63, 3.8) is 0 Å². The van der Waals surface area contributed by atoms with Gasteiger partial charge in [-0.2, -0.15) is 0 Å². The molecule has 0 aliphatic carbocycles. The van der Waals surface area contributed by atoms with Gasteiger partial charge in [-0.25, -0.2) is 0 Å². The van der Waals surface area contributed by atoms with Crippen molar-refractivity contribution in [1.82, 2.24) is 0 Å². The predicted octanol–water partition coefficient (Wildman–Crippen LogP) is -0.875. The molecule has 4 atom stereocenters.